The topological polar surface area (TPSA) is 84.6 Å². The SMILES string of the molecule is Cc1cc2cc(n1)-c1cnn(C)c1OCCC1CC1CN1/C(=N/C2=O)Nc2ccc(C(C)C)cc21. The molecule has 4 heterocycles. The zero-order valence-electron chi connectivity index (χ0n) is 20.6. The number of hydrogen-bond acceptors (Lipinski definition) is 6. The van der Waals surface area contributed by atoms with E-state index < -0.39 is 0 Å². The lowest BCUT2D eigenvalue weighted by atomic mass is 10.0. The van der Waals surface area contributed by atoms with Crippen molar-refractivity contribution in [2.75, 3.05) is 23.4 Å². The summed E-state index contributed by atoms with van der Waals surface area (Å²) in [5, 5.41) is 7.79. The number of nitrogens with zero attached hydrogens (tertiary/aromatic N) is 5. The first-order chi connectivity index (χ1) is 16.9. The van der Waals surface area contributed by atoms with Crippen molar-refractivity contribution < 1.29 is 9.53 Å². The number of carbonyl (C=O) groups excluding carboxylic acids is 1. The Morgan fingerprint density at radius 1 is 1.17 bits per heavy atom. The number of benzene rings is 1. The molecule has 2 unspecified atom stereocenters. The van der Waals surface area contributed by atoms with Crippen LogP contribution >= 0.6 is 0 Å². The molecule has 3 aliphatic rings. The second kappa shape index (κ2) is 8.22. The molecule has 1 N–H and O–H groups in total. The Balaban J connectivity index is 1.44. The molecule has 0 radical (unpaired) electrons. The minimum atomic E-state index is -0.297. The minimum Gasteiger partial charge on any atom is -0.477 e. The third-order valence-corrected chi connectivity index (χ3v) is 7.26. The van der Waals surface area contributed by atoms with Crippen LogP contribution < -0.4 is 15.0 Å². The summed E-state index contributed by atoms with van der Waals surface area (Å²) >= 11 is 0. The van der Waals surface area contributed by atoms with Crippen molar-refractivity contribution in [1.29, 1.82) is 0 Å². The molecule has 2 atom stereocenters. The van der Waals surface area contributed by atoms with E-state index in [-0.39, 0.29) is 5.91 Å². The number of ether oxygens (including phenoxy) is 1. The number of aliphatic imine (C=N–C) groups is 1. The quantitative estimate of drug-likeness (QED) is 0.552. The van der Waals surface area contributed by atoms with Crippen LogP contribution in [0.3, 0.4) is 0 Å². The van der Waals surface area contributed by atoms with Gasteiger partial charge >= 0.3 is 0 Å². The molecular formula is C27H30N6O2. The van der Waals surface area contributed by atoms with Crippen LogP contribution in [0.15, 0.2) is 41.5 Å². The molecule has 1 aliphatic carbocycles. The van der Waals surface area contributed by atoms with Crippen LogP contribution in [-0.4, -0.2) is 39.8 Å². The fourth-order valence-corrected chi connectivity index (χ4v) is 5.10. The van der Waals surface area contributed by atoms with Gasteiger partial charge in [-0.1, -0.05) is 19.9 Å². The summed E-state index contributed by atoms with van der Waals surface area (Å²) in [6.07, 6.45) is 3.88. The number of guanidine groups is 1. The zero-order valence-corrected chi connectivity index (χ0v) is 20.6. The fourth-order valence-electron chi connectivity index (χ4n) is 5.10. The summed E-state index contributed by atoms with van der Waals surface area (Å²) in [5.41, 5.74) is 6.05. The smallest absolute Gasteiger partial charge is 0.280 e. The van der Waals surface area contributed by atoms with Crippen molar-refractivity contribution in [2.45, 2.75) is 39.5 Å². The maximum atomic E-state index is 13.4. The number of aromatic nitrogens is 3. The summed E-state index contributed by atoms with van der Waals surface area (Å²) in [6, 6.07) is 10.0. The monoisotopic (exact) mass is 470 g/mol. The van der Waals surface area contributed by atoms with Crippen LogP contribution in [0.1, 0.15) is 54.2 Å². The van der Waals surface area contributed by atoms with E-state index in [1.165, 1.54) is 5.56 Å². The normalized spacial score (nSPS) is 22.5. The molecular weight excluding hydrogens is 440 g/mol. The average Bonchev–Trinajstić information content (AvgIpc) is 3.33. The molecule has 180 valence electrons. The first-order valence-corrected chi connectivity index (χ1v) is 12.3. The van der Waals surface area contributed by atoms with Gasteiger partial charge in [0.1, 0.15) is 0 Å². The molecule has 0 saturated heterocycles. The lowest BCUT2D eigenvalue weighted by Gasteiger charge is -2.20. The number of amides is 1. The number of anilines is 2. The number of carbonyl (C=O) groups is 1. The first-order valence-electron chi connectivity index (χ1n) is 12.3. The molecule has 2 aliphatic heterocycles. The van der Waals surface area contributed by atoms with Gasteiger partial charge < -0.3 is 15.0 Å². The van der Waals surface area contributed by atoms with Crippen LogP contribution in [0, 0.1) is 18.8 Å². The number of aryl methyl sites for hydroxylation is 2. The molecule has 1 amide bonds. The lowest BCUT2D eigenvalue weighted by Crippen LogP contribution is -2.33. The highest BCUT2D eigenvalue weighted by Crippen LogP contribution is 2.45. The van der Waals surface area contributed by atoms with Gasteiger partial charge in [0.25, 0.3) is 5.91 Å². The number of fused-ring (bicyclic) bond motifs is 8. The van der Waals surface area contributed by atoms with Gasteiger partial charge in [-0.05, 0) is 67.3 Å². The number of nitrogens with one attached hydrogen (secondary N) is 1. The van der Waals surface area contributed by atoms with Crippen LogP contribution in [0.4, 0.5) is 11.4 Å². The molecule has 1 aromatic carbocycles. The van der Waals surface area contributed by atoms with E-state index in [1.54, 1.807) is 23.0 Å². The standard InChI is InChI=1S/C27H30N6O2/c1-15(2)17-5-6-22-24(12-17)33-14-20-10-18(20)7-8-35-26-21(13-28-32(26)4)23-11-19(9-16(3)29-23)25(34)31-27(33)30-22/h5-6,9,11-13,15,18,20H,7-8,10,14H2,1-4H3,(H,30,31,34). The van der Waals surface area contributed by atoms with Crippen LogP contribution in [0.2, 0.25) is 0 Å². The number of hydrogen-bond donors (Lipinski definition) is 1. The van der Waals surface area contributed by atoms with E-state index in [4.69, 9.17) is 4.74 Å². The highest BCUT2D eigenvalue weighted by molar-refractivity contribution is 6.19. The van der Waals surface area contributed by atoms with E-state index in [1.807, 2.05) is 14.0 Å². The predicted molar refractivity (Wildman–Crippen MR) is 136 cm³/mol. The molecule has 2 aromatic heterocycles. The molecule has 1 fully saturated rings. The van der Waals surface area contributed by atoms with Crippen molar-refractivity contribution in [3.63, 3.8) is 0 Å². The van der Waals surface area contributed by atoms with Crippen molar-refractivity contribution >= 4 is 23.2 Å². The van der Waals surface area contributed by atoms with Gasteiger partial charge in [0.15, 0.2) is 0 Å². The van der Waals surface area contributed by atoms with Crippen LogP contribution in [0.5, 0.6) is 5.88 Å². The maximum absolute atomic E-state index is 13.4. The third-order valence-electron chi connectivity index (χ3n) is 7.26. The molecule has 6 rings (SSSR count). The largest absolute Gasteiger partial charge is 0.477 e. The molecule has 2 bridgehead atoms. The second-order valence-electron chi connectivity index (χ2n) is 10.2. The van der Waals surface area contributed by atoms with E-state index in [9.17, 15) is 4.79 Å². The van der Waals surface area contributed by atoms with E-state index in [0.29, 0.717) is 47.5 Å². The molecule has 0 spiro atoms. The van der Waals surface area contributed by atoms with Gasteiger partial charge in [-0.25, -0.2) is 4.68 Å². The van der Waals surface area contributed by atoms with Gasteiger partial charge in [0.2, 0.25) is 11.8 Å². The molecule has 8 nitrogen and oxygen atoms in total. The van der Waals surface area contributed by atoms with E-state index >= 15 is 0 Å². The summed E-state index contributed by atoms with van der Waals surface area (Å²) in [6.45, 7) is 7.73. The van der Waals surface area contributed by atoms with Crippen molar-refractivity contribution in [2.24, 2.45) is 23.9 Å². The Morgan fingerprint density at radius 3 is 2.86 bits per heavy atom. The summed E-state index contributed by atoms with van der Waals surface area (Å²) in [5.74, 6) is 2.53. The van der Waals surface area contributed by atoms with Gasteiger partial charge in [-0.15, -0.1) is 0 Å². The first kappa shape index (κ1) is 21.8. The maximum Gasteiger partial charge on any atom is 0.280 e. The van der Waals surface area contributed by atoms with Gasteiger partial charge in [-0.3, -0.25) is 9.78 Å². The lowest BCUT2D eigenvalue weighted by molar-refractivity contribution is 0.100. The van der Waals surface area contributed by atoms with Crippen molar-refractivity contribution in [1.82, 2.24) is 14.8 Å². The van der Waals surface area contributed by atoms with Crippen molar-refractivity contribution in [3.05, 3.63) is 53.3 Å². The second-order valence-corrected chi connectivity index (χ2v) is 10.2. The molecule has 8 heteroatoms. The summed E-state index contributed by atoms with van der Waals surface area (Å²) in [4.78, 5) is 24.9. The Hall–Kier alpha value is -3.68. The number of rotatable bonds is 1. The summed E-state index contributed by atoms with van der Waals surface area (Å²) in [7, 11) is 1.86. The van der Waals surface area contributed by atoms with Gasteiger partial charge in [0.05, 0.1) is 35.4 Å². The predicted octanol–water partition coefficient (Wildman–Crippen LogP) is 4.76. The Kier molecular flexibility index (Phi) is 5.12. The Morgan fingerprint density at radius 2 is 2.03 bits per heavy atom. The van der Waals surface area contributed by atoms with Crippen molar-refractivity contribution in [3.8, 4) is 17.1 Å². The van der Waals surface area contributed by atoms with E-state index in [2.05, 4.69) is 57.3 Å². The zero-order chi connectivity index (χ0) is 24.3. The van der Waals surface area contributed by atoms with Crippen LogP contribution in [0.25, 0.3) is 11.3 Å². The van der Waals surface area contributed by atoms with Gasteiger partial charge in [0, 0.05) is 24.8 Å². The highest BCUT2D eigenvalue weighted by Gasteiger charge is 2.41. The van der Waals surface area contributed by atoms with E-state index in [0.717, 1.165) is 42.0 Å². The summed E-state index contributed by atoms with van der Waals surface area (Å²) < 4.78 is 7.93. The van der Waals surface area contributed by atoms with Gasteiger partial charge in [-0.2, -0.15) is 10.1 Å². The Labute approximate surface area is 205 Å². The highest BCUT2D eigenvalue weighted by atomic mass is 16.5. The number of pyridine rings is 1. The third kappa shape index (κ3) is 3.96. The minimum absolute atomic E-state index is 0.297. The average molecular weight is 471 g/mol. The fraction of sp³-hybridized carbons (Fsp3) is 0.407. The Bertz CT molecular complexity index is 1360. The molecule has 1 saturated carbocycles. The molecule has 3 aromatic rings. The molecule has 35 heavy (non-hydrogen) atoms. The van der Waals surface area contributed by atoms with Crippen LogP contribution in [-0.2, 0) is 7.05 Å².